The molecule has 2 aromatic carbocycles. The second-order valence-electron chi connectivity index (χ2n) is 8.60. The summed E-state index contributed by atoms with van der Waals surface area (Å²) in [4.78, 5) is 44.3. The minimum atomic E-state index is -1.56. The van der Waals surface area contributed by atoms with Gasteiger partial charge in [-0.05, 0) is 17.9 Å². The number of ether oxygens (including phenoxy) is 1. The van der Waals surface area contributed by atoms with Crippen LogP contribution in [0.2, 0.25) is 0 Å². The molecule has 0 fully saturated rings. The summed E-state index contributed by atoms with van der Waals surface area (Å²) in [5.41, 5.74) is 0.767. The molecule has 0 aliphatic rings. The Morgan fingerprint density at radius 2 is 1.58 bits per heavy atom. The summed E-state index contributed by atoms with van der Waals surface area (Å²) < 4.78 is 5.48. The molecule has 0 saturated heterocycles. The fourth-order valence-electron chi connectivity index (χ4n) is 3.46. The number of hydrogen-bond acceptors (Lipinski definition) is 7. The number of hydrogen-bond donors (Lipinski definition) is 3. The average Bonchev–Trinajstić information content (AvgIpc) is 3.36. The minimum Gasteiger partial charge on any atom is -0.445 e. The Bertz CT molecular complexity index is 1150. The standard InChI is InChI=1S/C27H31N3O5S/c1-4-11-20(24(32)30-27-28-16-21(36-27)17(2)3)29-25(33)23(19-14-9-6-10-15-19)35-26(34)22(31)18-12-7-5-8-13-18/h5-10,12-17,20,22-23,31H,4,11H2,1-3H3,(H,29,33)(H,28,30,32). The fourth-order valence-corrected chi connectivity index (χ4v) is 4.28. The zero-order chi connectivity index (χ0) is 26.1. The van der Waals surface area contributed by atoms with Crippen molar-refractivity contribution in [2.24, 2.45) is 0 Å². The van der Waals surface area contributed by atoms with Crippen LogP contribution in [0.4, 0.5) is 5.13 Å². The molecule has 0 aliphatic heterocycles. The van der Waals surface area contributed by atoms with Gasteiger partial charge in [0.15, 0.2) is 11.2 Å². The highest BCUT2D eigenvalue weighted by atomic mass is 32.1. The molecule has 0 bridgehead atoms. The smallest absolute Gasteiger partial charge is 0.340 e. The molecule has 3 N–H and O–H groups in total. The van der Waals surface area contributed by atoms with E-state index in [0.717, 1.165) is 4.88 Å². The van der Waals surface area contributed by atoms with E-state index in [1.165, 1.54) is 11.3 Å². The summed E-state index contributed by atoms with van der Waals surface area (Å²) in [6.45, 7) is 5.98. The van der Waals surface area contributed by atoms with Gasteiger partial charge in [0.25, 0.3) is 5.91 Å². The molecule has 2 amide bonds. The number of aliphatic hydroxyl groups excluding tert-OH is 1. The summed E-state index contributed by atoms with van der Waals surface area (Å²) >= 11 is 1.38. The third kappa shape index (κ3) is 7.22. The SMILES string of the molecule is CCCC(NC(=O)C(OC(=O)C(O)c1ccccc1)c1ccccc1)C(=O)Nc1ncc(C(C)C)s1. The van der Waals surface area contributed by atoms with Gasteiger partial charge in [0.05, 0.1) is 0 Å². The van der Waals surface area contributed by atoms with Gasteiger partial charge in [-0.15, -0.1) is 11.3 Å². The van der Waals surface area contributed by atoms with Crippen LogP contribution in [0.1, 0.15) is 67.7 Å². The monoisotopic (exact) mass is 509 g/mol. The molecule has 1 aromatic heterocycles. The Morgan fingerprint density at radius 3 is 2.14 bits per heavy atom. The largest absolute Gasteiger partial charge is 0.445 e. The number of thiazole rings is 1. The lowest BCUT2D eigenvalue weighted by molar-refractivity contribution is -0.165. The number of nitrogens with zero attached hydrogens (tertiary/aromatic N) is 1. The van der Waals surface area contributed by atoms with Crippen LogP contribution in [0.3, 0.4) is 0 Å². The van der Waals surface area contributed by atoms with Gasteiger partial charge < -0.3 is 20.5 Å². The molecular formula is C27H31N3O5S. The first-order chi connectivity index (χ1) is 17.3. The maximum atomic E-state index is 13.3. The van der Waals surface area contributed by atoms with E-state index in [1.54, 1.807) is 66.9 Å². The number of aromatic nitrogens is 1. The predicted octanol–water partition coefficient (Wildman–Crippen LogP) is 4.51. The molecule has 3 atom stereocenters. The second-order valence-corrected chi connectivity index (χ2v) is 9.66. The predicted molar refractivity (Wildman–Crippen MR) is 138 cm³/mol. The van der Waals surface area contributed by atoms with Crippen molar-refractivity contribution in [2.45, 2.75) is 57.8 Å². The van der Waals surface area contributed by atoms with Crippen LogP contribution >= 0.6 is 11.3 Å². The molecule has 36 heavy (non-hydrogen) atoms. The van der Waals surface area contributed by atoms with Gasteiger partial charge in [0.2, 0.25) is 12.0 Å². The van der Waals surface area contributed by atoms with Crippen molar-refractivity contribution in [2.75, 3.05) is 5.32 Å². The van der Waals surface area contributed by atoms with Gasteiger partial charge in [-0.2, -0.15) is 0 Å². The molecule has 0 saturated carbocycles. The normalized spacial score (nSPS) is 13.5. The molecule has 3 rings (SSSR count). The molecule has 0 aliphatic carbocycles. The van der Waals surface area contributed by atoms with Gasteiger partial charge in [-0.3, -0.25) is 9.59 Å². The van der Waals surface area contributed by atoms with Gasteiger partial charge >= 0.3 is 5.97 Å². The van der Waals surface area contributed by atoms with Crippen LogP contribution in [0.15, 0.2) is 66.9 Å². The van der Waals surface area contributed by atoms with Crippen molar-refractivity contribution >= 4 is 34.3 Å². The number of aliphatic hydroxyl groups is 1. The lowest BCUT2D eigenvalue weighted by Crippen LogP contribution is -2.46. The van der Waals surface area contributed by atoms with Crippen LogP contribution < -0.4 is 10.6 Å². The summed E-state index contributed by atoms with van der Waals surface area (Å²) in [5, 5.41) is 16.4. The summed E-state index contributed by atoms with van der Waals surface area (Å²) in [7, 11) is 0. The highest BCUT2D eigenvalue weighted by molar-refractivity contribution is 7.15. The quantitative estimate of drug-likeness (QED) is 0.328. The van der Waals surface area contributed by atoms with E-state index in [-0.39, 0.29) is 5.92 Å². The van der Waals surface area contributed by atoms with Crippen molar-refractivity contribution in [3.05, 3.63) is 82.9 Å². The molecule has 9 heteroatoms. The summed E-state index contributed by atoms with van der Waals surface area (Å²) in [5.74, 6) is -1.75. The first-order valence-electron chi connectivity index (χ1n) is 11.9. The first-order valence-corrected chi connectivity index (χ1v) is 12.7. The third-order valence-electron chi connectivity index (χ3n) is 5.45. The molecule has 3 unspecified atom stereocenters. The number of carbonyl (C=O) groups is 3. The van der Waals surface area contributed by atoms with Crippen LogP contribution in [-0.4, -0.2) is 33.9 Å². The highest BCUT2D eigenvalue weighted by Crippen LogP contribution is 2.26. The molecule has 3 aromatic rings. The van der Waals surface area contributed by atoms with Crippen molar-refractivity contribution in [3.63, 3.8) is 0 Å². The van der Waals surface area contributed by atoms with Crippen molar-refractivity contribution < 1.29 is 24.2 Å². The third-order valence-corrected chi connectivity index (χ3v) is 6.66. The summed E-state index contributed by atoms with van der Waals surface area (Å²) in [6.07, 6.45) is -0.170. The van der Waals surface area contributed by atoms with Crippen LogP contribution in [0.25, 0.3) is 0 Å². The number of esters is 1. The molecule has 0 radical (unpaired) electrons. The molecule has 0 spiro atoms. The Labute approximate surface area is 214 Å². The maximum Gasteiger partial charge on any atom is 0.340 e. The topological polar surface area (TPSA) is 118 Å². The molecular weight excluding hydrogens is 478 g/mol. The van der Waals surface area contributed by atoms with Crippen molar-refractivity contribution in [1.29, 1.82) is 0 Å². The van der Waals surface area contributed by atoms with Gasteiger partial charge in [-0.1, -0.05) is 87.9 Å². The zero-order valence-electron chi connectivity index (χ0n) is 20.5. The molecule has 1 heterocycles. The maximum absolute atomic E-state index is 13.3. The second kappa shape index (κ2) is 12.9. The average molecular weight is 510 g/mol. The Morgan fingerprint density at radius 1 is 0.972 bits per heavy atom. The lowest BCUT2D eigenvalue weighted by atomic mass is 10.1. The van der Waals surface area contributed by atoms with Gasteiger partial charge in [-0.25, -0.2) is 9.78 Å². The highest BCUT2D eigenvalue weighted by Gasteiger charge is 2.31. The van der Waals surface area contributed by atoms with E-state index in [2.05, 4.69) is 15.6 Å². The Kier molecular flexibility index (Phi) is 9.72. The van der Waals surface area contributed by atoms with Crippen LogP contribution in [0, 0.1) is 0 Å². The van der Waals surface area contributed by atoms with E-state index in [4.69, 9.17) is 4.74 Å². The Balaban J connectivity index is 1.76. The minimum absolute atomic E-state index is 0.284. The number of amides is 2. The molecule has 8 nitrogen and oxygen atoms in total. The van der Waals surface area contributed by atoms with Gasteiger partial charge in [0.1, 0.15) is 6.04 Å². The van der Waals surface area contributed by atoms with Crippen molar-refractivity contribution in [1.82, 2.24) is 10.3 Å². The van der Waals surface area contributed by atoms with E-state index in [1.807, 2.05) is 20.8 Å². The van der Waals surface area contributed by atoms with E-state index < -0.39 is 36.0 Å². The number of carbonyl (C=O) groups excluding carboxylic acids is 3. The van der Waals surface area contributed by atoms with Gasteiger partial charge in [0, 0.05) is 16.6 Å². The number of nitrogens with one attached hydrogen (secondary N) is 2. The van der Waals surface area contributed by atoms with E-state index in [0.29, 0.717) is 29.1 Å². The first kappa shape index (κ1) is 27.0. The van der Waals surface area contributed by atoms with Crippen LogP contribution in [0.5, 0.6) is 0 Å². The Hall–Kier alpha value is -3.56. The van der Waals surface area contributed by atoms with E-state index in [9.17, 15) is 19.5 Å². The van der Waals surface area contributed by atoms with Crippen LogP contribution in [-0.2, 0) is 19.1 Å². The zero-order valence-corrected chi connectivity index (χ0v) is 21.3. The number of benzene rings is 2. The summed E-state index contributed by atoms with van der Waals surface area (Å²) in [6, 6.07) is 15.9. The van der Waals surface area contributed by atoms with Crippen molar-refractivity contribution in [3.8, 4) is 0 Å². The lowest BCUT2D eigenvalue weighted by Gasteiger charge is -2.23. The fraction of sp³-hybridized carbons (Fsp3) is 0.333. The molecule has 190 valence electrons. The van der Waals surface area contributed by atoms with E-state index >= 15 is 0 Å². The number of rotatable bonds is 11. The number of anilines is 1.